The van der Waals surface area contributed by atoms with Crippen LogP contribution in [0.4, 0.5) is 0 Å². The van der Waals surface area contributed by atoms with Crippen molar-refractivity contribution in [1.29, 1.82) is 0 Å². The molecule has 1 N–H and O–H groups in total. The van der Waals surface area contributed by atoms with E-state index < -0.39 is 0 Å². The van der Waals surface area contributed by atoms with Crippen LogP contribution in [0.2, 0.25) is 0 Å². The molecule has 104 valence electrons. The molecule has 2 aliphatic rings. The summed E-state index contributed by atoms with van der Waals surface area (Å²) in [6, 6.07) is 9.60. The van der Waals surface area contributed by atoms with Crippen LogP contribution >= 0.6 is 0 Å². The van der Waals surface area contributed by atoms with Crippen LogP contribution in [0.1, 0.15) is 51.0 Å². The van der Waals surface area contributed by atoms with E-state index in [1.807, 2.05) is 0 Å². The van der Waals surface area contributed by atoms with Crippen molar-refractivity contribution in [3.63, 3.8) is 0 Å². The smallest absolute Gasteiger partial charge is 0.119 e. The molecule has 2 aliphatic carbocycles. The SMILES string of the molecule is CC(C)Oc1ccc(C2CCC2CNC2CC2)cc1. The summed E-state index contributed by atoms with van der Waals surface area (Å²) >= 11 is 0. The van der Waals surface area contributed by atoms with Gasteiger partial charge in [-0.15, -0.1) is 0 Å². The van der Waals surface area contributed by atoms with Crippen molar-refractivity contribution in [2.24, 2.45) is 5.92 Å². The molecular weight excluding hydrogens is 234 g/mol. The third-order valence-electron chi connectivity index (χ3n) is 4.34. The minimum absolute atomic E-state index is 0.255. The maximum absolute atomic E-state index is 5.70. The number of ether oxygens (including phenoxy) is 1. The summed E-state index contributed by atoms with van der Waals surface area (Å²) in [5, 5.41) is 3.67. The van der Waals surface area contributed by atoms with Gasteiger partial charge in [0.1, 0.15) is 5.75 Å². The first-order chi connectivity index (χ1) is 9.22. The number of hydrogen-bond donors (Lipinski definition) is 1. The Morgan fingerprint density at radius 3 is 2.37 bits per heavy atom. The van der Waals surface area contributed by atoms with Gasteiger partial charge in [0.15, 0.2) is 0 Å². The summed E-state index contributed by atoms with van der Waals surface area (Å²) in [5.41, 5.74) is 1.49. The molecule has 0 saturated heterocycles. The molecule has 2 unspecified atom stereocenters. The zero-order valence-electron chi connectivity index (χ0n) is 12.1. The van der Waals surface area contributed by atoms with Crippen molar-refractivity contribution in [3.8, 4) is 5.75 Å². The fourth-order valence-corrected chi connectivity index (χ4v) is 2.92. The Balaban J connectivity index is 1.55. The van der Waals surface area contributed by atoms with Gasteiger partial charge >= 0.3 is 0 Å². The zero-order chi connectivity index (χ0) is 13.2. The fourth-order valence-electron chi connectivity index (χ4n) is 2.92. The summed E-state index contributed by atoms with van der Waals surface area (Å²) < 4.78 is 5.70. The number of hydrogen-bond acceptors (Lipinski definition) is 2. The summed E-state index contributed by atoms with van der Waals surface area (Å²) in [6.07, 6.45) is 5.76. The first-order valence-corrected chi connectivity index (χ1v) is 7.72. The predicted octanol–water partition coefficient (Wildman–Crippen LogP) is 3.72. The van der Waals surface area contributed by atoms with E-state index in [0.717, 1.165) is 23.6 Å². The minimum Gasteiger partial charge on any atom is -0.491 e. The molecule has 2 heteroatoms. The third-order valence-corrected chi connectivity index (χ3v) is 4.34. The van der Waals surface area contributed by atoms with Crippen LogP contribution in [0.3, 0.4) is 0 Å². The molecule has 1 aromatic rings. The maximum atomic E-state index is 5.70. The molecule has 2 saturated carbocycles. The summed E-state index contributed by atoms with van der Waals surface area (Å²) in [6.45, 7) is 5.35. The van der Waals surface area contributed by atoms with Crippen LogP contribution in [-0.2, 0) is 0 Å². The van der Waals surface area contributed by atoms with Crippen molar-refractivity contribution >= 4 is 0 Å². The molecule has 19 heavy (non-hydrogen) atoms. The van der Waals surface area contributed by atoms with E-state index in [0.29, 0.717) is 0 Å². The Labute approximate surface area is 116 Å². The Bertz CT molecular complexity index is 408. The fraction of sp³-hybridized carbons (Fsp3) is 0.647. The topological polar surface area (TPSA) is 21.3 Å². The number of benzene rings is 1. The molecular formula is C17H25NO. The van der Waals surface area contributed by atoms with Crippen LogP contribution in [-0.4, -0.2) is 18.7 Å². The molecule has 0 heterocycles. The lowest BCUT2D eigenvalue weighted by molar-refractivity contribution is 0.238. The van der Waals surface area contributed by atoms with Gasteiger partial charge in [-0.25, -0.2) is 0 Å². The van der Waals surface area contributed by atoms with Gasteiger partial charge < -0.3 is 10.1 Å². The molecule has 2 atom stereocenters. The molecule has 0 spiro atoms. The van der Waals surface area contributed by atoms with Gasteiger partial charge in [-0.05, 0) is 75.6 Å². The Kier molecular flexibility index (Phi) is 3.79. The predicted molar refractivity (Wildman–Crippen MR) is 78.7 cm³/mol. The van der Waals surface area contributed by atoms with E-state index in [4.69, 9.17) is 4.74 Å². The number of rotatable bonds is 6. The Morgan fingerprint density at radius 2 is 1.84 bits per heavy atom. The second-order valence-corrected chi connectivity index (χ2v) is 6.36. The lowest BCUT2D eigenvalue weighted by Crippen LogP contribution is -2.34. The first kappa shape index (κ1) is 13.0. The van der Waals surface area contributed by atoms with E-state index >= 15 is 0 Å². The van der Waals surface area contributed by atoms with Crippen LogP contribution < -0.4 is 10.1 Å². The normalized spacial score (nSPS) is 26.3. The third kappa shape index (κ3) is 3.30. The second-order valence-electron chi connectivity index (χ2n) is 6.36. The van der Waals surface area contributed by atoms with Crippen molar-refractivity contribution < 1.29 is 4.74 Å². The van der Waals surface area contributed by atoms with Crippen molar-refractivity contribution in [2.45, 2.75) is 57.6 Å². The van der Waals surface area contributed by atoms with Crippen LogP contribution in [0, 0.1) is 5.92 Å². The highest BCUT2D eigenvalue weighted by Gasteiger charge is 2.33. The van der Waals surface area contributed by atoms with E-state index in [-0.39, 0.29) is 6.10 Å². The van der Waals surface area contributed by atoms with Crippen LogP contribution in [0.15, 0.2) is 24.3 Å². The average Bonchev–Trinajstić information content (AvgIpc) is 3.14. The quantitative estimate of drug-likeness (QED) is 0.840. The van der Waals surface area contributed by atoms with Crippen LogP contribution in [0.25, 0.3) is 0 Å². The van der Waals surface area contributed by atoms with Gasteiger partial charge in [-0.3, -0.25) is 0 Å². The van der Waals surface area contributed by atoms with Crippen molar-refractivity contribution in [1.82, 2.24) is 5.32 Å². The molecule has 3 rings (SSSR count). The standard InChI is InChI=1S/C17H25NO/c1-12(2)19-16-8-3-13(4-9-16)17-10-5-14(17)11-18-15-6-7-15/h3-4,8-9,12,14-15,17-18H,5-7,10-11H2,1-2H3. The lowest BCUT2D eigenvalue weighted by Gasteiger charge is -2.37. The second kappa shape index (κ2) is 5.54. The van der Waals surface area contributed by atoms with Gasteiger partial charge in [0.25, 0.3) is 0 Å². The molecule has 0 amide bonds. The Hall–Kier alpha value is -1.02. The number of nitrogens with one attached hydrogen (secondary N) is 1. The minimum atomic E-state index is 0.255. The van der Waals surface area contributed by atoms with E-state index in [9.17, 15) is 0 Å². The highest BCUT2D eigenvalue weighted by Crippen LogP contribution is 2.42. The van der Waals surface area contributed by atoms with E-state index in [1.165, 1.54) is 37.8 Å². The van der Waals surface area contributed by atoms with Gasteiger partial charge in [-0.1, -0.05) is 12.1 Å². The van der Waals surface area contributed by atoms with Gasteiger partial charge in [0.2, 0.25) is 0 Å². The molecule has 0 aliphatic heterocycles. The molecule has 2 nitrogen and oxygen atoms in total. The van der Waals surface area contributed by atoms with Crippen LogP contribution in [0.5, 0.6) is 5.75 Å². The van der Waals surface area contributed by atoms with Gasteiger partial charge in [0.05, 0.1) is 6.10 Å². The molecule has 1 aromatic carbocycles. The molecule has 0 bridgehead atoms. The average molecular weight is 259 g/mol. The zero-order valence-corrected chi connectivity index (χ0v) is 12.1. The van der Waals surface area contributed by atoms with Crippen molar-refractivity contribution in [3.05, 3.63) is 29.8 Å². The maximum Gasteiger partial charge on any atom is 0.119 e. The van der Waals surface area contributed by atoms with Gasteiger partial charge in [0, 0.05) is 6.04 Å². The van der Waals surface area contributed by atoms with E-state index in [1.54, 1.807) is 0 Å². The largest absolute Gasteiger partial charge is 0.491 e. The van der Waals surface area contributed by atoms with Crippen molar-refractivity contribution in [2.75, 3.05) is 6.54 Å². The highest BCUT2D eigenvalue weighted by molar-refractivity contribution is 5.31. The highest BCUT2D eigenvalue weighted by atomic mass is 16.5. The monoisotopic (exact) mass is 259 g/mol. The first-order valence-electron chi connectivity index (χ1n) is 7.72. The summed E-state index contributed by atoms with van der Waals surface area (Å²) in [7, 11) is 0. The van der Waals surface area contributed by atoms with E-state index in [2.05, 4.69) is 43.4 Å². The summed E-state index contributed by atoms with van der Waals surface area (Å²) in [5.74, 6) is 2.60. The molecule has 0 aromatic heterocycles. The molecule has 2 fully saturated rings. The summed E-state index contributed by atoms with van der Waals surface area (Å²) in [4.78, 5) is 0. The molecule has 0 radical (unpaired) electrons. The lowest BCUT2D eigenvalue weighted by atomic mass is 9.70. The van der Waals surface area contributed by atoms with Gasteiger partial charge in [-0.2, -0.15) is 0 Å². The Morgan fingerprint density at radius 1 is 1.11 bits per heavy atom.